The Bertz CT molecular complexity index is 462. The molecule has 108 valence electrons. The number of nitrogen functional groups attached to an aromatic ring is 2. The van der Waals surface area contributed by atoms with Gasteiger partial charge in [0.15, 0.2) is 5.82 Å². The highest BCUT2D eigenvalue weighted by atomic mass is 35.5. The highest BCUT2D eigenvalue weighted by Gasteiger charge is 2.33. The molecule has 0 aromatic heterocycles. The van der Waals surface area contributed by atoms with Crippen molar-refractivity contribution in [1.82, 2.24) is 0 Å². The van der Waals surface area contributed by atoms with Gasteiger partial charge in [-0.05, 0) is 12.5 Å². The number of anilines is 3. The first-order valence-corrected chi connectivity index (χ1v) is 5.89. The third kappa shape index (κ3) is 3.79. The van der Waals surface area contributed by atoms with Crippen molar-refractivity contribution in [2.24, 2.45) is 0 Å². The van der Waals surface area contributed by atoms with Gasteiger partial charge in [0.25, 0.3) is 0 Å². The van der Waals surface area contributed by atoms with E-state index >= 15 is 0 Å². The Hall–Kier alpha value is -1.37. The zero-order valence-corrected chi connectivity index (χ0v) is 10.9. The summed E-state index contributed by atoms with van der Waals surface area (Å²) in [6.45, 7) is 0.374. The fraction of sp³-hybridized carbons (Fsp3) is 0.455. The number of hydrogen-bond acceptors (Lipinski definition) is 3. The molecule has 4 N–H and O–H groups in total. The second kappa shape index (κ2) is 5.73. The van der Waals surface area contributed by atoms with Crippen LogP contribution in [0.3, 0.4) is 0 Å². The second-order valence-corrected chi connectivity index (χ2v) is 4.45. The van der Waals surface area contributed by atoms with E-state index in [1.165, 1.54) is 0 Å². The lowest BCUT2D eigenvalue weighted by Crippen LogP contribution is -2.36. The van der Waals surface area contributed by atoms with Crippen LogP contribution >= 0.6 is 11.6 Å². The molecule has 0 saturated heterocycles. The van der Waals surface area contributed by atoms with Crippen LogP contribution < -0.4 is 16.4 Å². The van der Waals surface area contributed by atoms with Crippen LogP contribution in [0.2, 0.25) is 5.02 Å². The molecule has 0 heterocycles. The van der Waals surface area contributed by atoms with Crippen LogP contribution in [-0.2, 0) is 0 Å². The average molecular weight is 300 g/mol. The van der Waals surface area contributed by atoms with Crippen LogP contribution in [0, 0.1) is 5.82 Å². The van der Waals surface area contributed by atoms with Gasteiger partial charge in [-0.15, -0.1) is 0 Å². The minimum absolute atomic E-state index is 0.000870. The van der Waals surface area contributed by atoms with Gasteiger partial charge in [0.1, 0.15) is 11.6 Å². The predicted molar refractivity (Wildman–Crippen MR) is 68.8 cm³/mol. The summed E-state index contributed by atoms with van der Waals surface area (Å²) in [5, 5.41) is -0.424. The van der Waals surface area contributed by atoms with Gasteiger partial charge in [0.2, 0.25) is 0 Å². The van der Waals surface area contributed by atoms with Crippen LogP contribution in [-0.4, -0.2) is 19.3 Å². The quantitative estimate of drug-likeness (QED) is 0.661. The van der Waals surface area contributed by atoms with E-state index in [2.05, 4.69) is 0 Å². The third-order valence-electron chi connectivity index (χ3n) is 2.42. The minimum Gasteiger partial charge on any atom is -0.397 e. The van der Waals surface area contributed by atoms with Gasteiger partial charge in [-0.1, -0.05) is 18.5 Å². The maximum absolute atomic E-state index is 14.0. The van der Waals surface area contributed by atoms with Gasteiger partial charge in [-0.25, -0.2) is 4.39 Å². The van der Waals surface area contributed by atoms with Crippen molar-refractivity contribution >= 4 is 28.7 Å². The Morgan fingerprint density at radius 3 is 2.32 bits per heavy atom. The van der Waals surface area contributed by atoms with E-state index < -0.39 is 23.6 Å². The molecule has 0 aliphatic rings. The molecule has 19 heavy (non-hydrogen) atoms. The molecule has 0 amide bonds. The van der Waals surface area contributed by atoms with Crippen molar-refractivity contribution in [3.05, 3.63) is 16.9 Å². The molecule has 0 aliphatic carbocycles. The van der Waals surface area contributed by atoms with Crippen LogP contribution in [0.25, 0.3) is 0 Å². The SMILES string of the molecule is CCCN(CC(F)(F)F)c1c(N)cc(N)c(Cl)c1F. The van der Waals surface area contributed by atoms with Gasteiger partial charge >= 0.3 is 6.18 Å². The maximum Gasteiger partial charge on any atom is 0.405 e. The lowest BCUT2D eigenvalue weighted by atomic mass is 10.2. The number of nitrogens with two attached hydrogens (primary N) is 2. The molecule has 0 fully saturated rings. The summed E-state index contributed by atoms with van der Waals surface area (Å²) >= 11 is 5.61. The lowest BCUT2D eigenvalue weighted by molar-refractivity contribution is -0.119. The maximum atomic E-state index is 14.0. The molecule has 0 saturated carbocycles. The van der Waals surface area contributed by atoms with Crippen LogP contribution in [0.15, 0.2) is 6.07 Å². The Kier molecular flexibility index (Phi) is 4.73. The van der Waals surface area contributed by atoms with E-state index in [9.17, 15) is 17.6 Å². The topological polar surface area (TPSA) is 55.3 Å². The number of halogens is 5. The largest absolute Gasteiger partial charge is 0.405 e. The monoisotopic (exact) mass is 299 g/mol. The Morgan fingerprint density at radius 2 is 1.84 bits per heavy atom. The molecule has 1 rings (SSSR count). The van der Waals surface area contributed by atoms with Crippen molar-refractivity contribution in [3.63, 3.8) is 0 Å². The van der Waals surface area contributed by atoms with Crippen molar-refractivity contribution < 1.29 is 17.6 Å². The van der Waals surface area contributed by atoms with Gasteiger partial charge in [0, 0.05) is 6.54 Å². The van der Waals surface area contributed by atoms with Crippen LogP contribution in [0.4, 0.5) is 34.6 Å². The van der Waals surface area contributed by atoms with Gasteiger partial charge < -0.3 is 16.4 Å². The summed E-state index contributed by atoms with van der Waals surface area (Å²) in [6.07, 6.45) is -4.07. The summed E-state index contributed by atoms with van der Waals surface area (Å²) in [6, 6.07) is 1.15. The van der Waals surface area contributed by atoms with Crippen LogP contribution in [0.5, 0.6) is 0 Å². The molecule has 0 radical (unpaired) electrons. The summed E-state index contributed by atoms with van der Waals surface area (Å²) in [4.78, 5) is 0.815. The second-order valence-electron chi connectivity index (χ2n) is 4.07. The molecule has 8 heteroatoms. The third-order valence-corrected chi connectivity index (χ3v) is 2.80. The summed E-state index contributed by atoms with van der Waals surface area (Å²) in [5.41, 5.74) is 10.3. The first-order chi connectivity index (χ1) is 8.67. The first kappa shape index (κ1) is 15.7. The summed E-state index contributed by atoms with van der Waals surface area (Å²) < 4.78 is 51.5. The van der Waals surface area contributed by atoms with Crippen molar-refractivity contribution in [1.29, 1.82) is 0 Å². The number of hydrogen-bond donors (Lipinski definition) is 2. The molecule has 3 nitrogen and oxygen atoms in total. The lowest BCUT2D eigenvalue weighted by Gasteiger charge is -2.27. The minimum atomic E-state index is -4.47. The zero-order valence-electron chi connectivity index (χ0n) is 10.2. The Labute approximate surface area is 113 Å². The molecule has 1 aromatic carbocycles. The fourth-order valence-electron chi connectivity index (χ4n) is 1.73. The molecule has 0 spiro atoms. The zero-order chi connectivity index (χ0) is 14.8. The first-order valence-electron chi connectivity index (χ1n) is 5.52. The van der Waals surface area contributed by atoms with Crippen molar-refractivity contribution in [2.45, 2.75) is 19.5 Å². The highest BCUT2D eigenvalue weighted by molar-refractivity contribution is 6.33. The standard InChI is InChI=1S/C11H14ClF4N3/c1-2-3-19(5-11(14,15)16)10-7(18)4-6(17)8(12)9(10)13/h4H,2-3,5,17-18H2,1H3. The van der Waals surface area contributed by atoms with Gasteiger partial charge in [-0.3, -0.25) is 0 Å². The number of nitrogens with zero attached hydrogens (tertiary/aromatic N) is 1. The van der Waals surface area contributed by atoms with E-state index in [-0.39, 0.29) is 23.6 Å². The molecule has 1 aromatic rings. The smallest absolute Gasteiger partial charge is 0.397 e. The highest BCUT2D eigenvalue weighted by Crippen LogP contribution is 2.37. The summed E-state index contributed by atoms with van der Waals surface area (Å²) in [5.74, 6) is -1.03. The number of alkyl halides is 3. The van der Waals surface area contributed by atoms with Gasteiger partial charge in [-0.2, -0.15) is 13.2 Å². The molecule has 0 atom stereocenters. The van der Waals surface area contributed by atoms with E-state index in [0.717, 1.165) is 11.0 Å². The number of benzene rings is 1. The van der Waals surface area contributed by atoms with Crippen molar-refractivity contribution in [3.8, 4) is 0 Å². The normalized spacial score (nSPS) is 11.7. The van der Waals surface area contributed by atoms with E-state index in [1.807, 2.05) is 0 Å². The Balaban J connectivity index is 3.26. The average Bonchev–Trinajstić information content (AvgIpc) is 2.24. The molecular weight excluding hydrogens is 286 g/mol. The molecule has 0 aliphatic heterocycles. The van der Waals surface area contributed by atoms with E-state index in [4.69, 9.17) is 23.1 Å². The van der Waals surface area contributed by atoms with Gasteiger partial charge in [0.05, 0.1) is 17.1 Å². The Morgan fingerprint density at radius 1 is 1.26 bits per heavy atom. The molecule has 0 bridgehead atoms. The summed E-state index contributed by atoms with van der Waals surface area (Å²) in [7, 11) is 0. The van der Waals surface area contributed by atoms with Crippen molar-refractivity contribution in [2.75, 3.05) is 29.5 Å². The number of rotatable bonds is 4. The van der Waals surface area contributed by atoms with E-state index in [0.29, 0.717) is 6.42 Å². The molecular formula is C11H14ClF4N3. The molecule has 0 unspecified atom stereocenters. The van der Waals surface area contributed by atoms with E-state index in [1.54, 1.807) is 6.92 Å². The predicted octanol–water partition coefficient (Wildman–Crippen LogP) is 3.42. The van der Waals surface area contributed by atoms with Crippen LogP contribution in [0.1, 0.15) is 13.3 Å². The fourth-order valence-corrected chi connectivity index (χ4v) is 1.88.